The van der Waals surface area contributed by atoms with Crippen LogP contribution in [-0.2, 0) is 4.74 Å². The predicted molar refractivity (Wildman–Crippen MR) is 54.2 cm³/mol. The fourth-order valence-electron chi connectivity index (χ4n) is 0.792. The molecule has 0 aliphatic rings. The van der Waals surface area contributed by atoms with Gasteiger partial charge in [-0.3, -0.25) is 0 Å². The predicted octanol–water partition coefficient (Wildman–Crippen LogP) is 3.10. The van der Waals surface area contributed by atoms with Crippen LogP contribution in [0.25, 0.3) is 0 Å². The summed E-state index contributed by atoms with van der Waals surface area (Å²) in [6.07, 6.45) is 8.98. The van der Waals surface area contributed by atoms with Crippen LogP contribution in [0.3, 0.4) is 0 Å². The summed E-state index contributed by atoms with van der Waals surface area (Å²) in [5.74, 6) is 0. The number of ether oxygens (including phenoxy) is 1. The molecule has 0 bridgehead atoms. The summed E-state index contributed by atoms with van der Waals surface area (Å²) in [5, 5.41) is 0. The van der Waals surface area contributed by atoms with E-state index in [1.807, 2.05) is 25.2 Å². The fraction of sp³-hybridized carbons (Fsp3) is 0.455. The van der Waals surface area contributed by atoms with Gasteiger partial charge in [0.25, 0.3) is 0 Å². The largest absolute Gasteiger partial charge is 0.378 e. The average molecular weight is 166 g/mol. The van der Waals surface area contributed by atoms with E-state index in [0.29, 0.717) is 0 Å². The van der Waals surface area contributed by atoms with Crippen molar-refractivity contribution in [3.63, 3.8) is 0 Å². The number of hydrogen-bond donors (Lipinski definition) is 0. The van der Waals surface area contributed by atoms with Crippen molar-refractivity contribution in [2.45, 2.75) is 20.3 Å². The molecule has 1 heteroatoms. The molecule has 0 heterocycles. The van der Waals surface area contributed by atoms with E-state index in [2.05, 4.69) is 19.6 Å². The molecule has 12 heavy (non-hydrogen) atoms. The number of hydrogen-bond acceptors (Lipinski definition) is 1. The van der Waals surface area contributed by atoms with Crippen molar-refractivity contribution in [1.82, 2.24) is 0 Å². The summed E-state index contributed by atoms with van der Waals surface area (Å²) in [6, 6.07) is 0. The molecule has 0 fully saturated rings. The van der Waals surface area contributed by atoms with Crippen molar-refractivity contribution in [2.75, 3.05) is 13.2 Å². The lowest BCUT2D eigenvalue weighted by Crippen LogP contribution is -1.87. The van der Waals surface area contributed by atoms with E-state index in [1.165, 1.54) is 5.57 Å². The summed E-state index contributed by atoms with van der Waals surface area (Å²) in [7, 11) is 0. The Balaban J connectivity index is 3.46. The molecule has 0 radical (unpaired) electrons. The minimum absolute atomic E-state index is 0.720. The van der Waals surface area contributed by atoms with Gasteiger partial charge in [-0.2, -0.15) is 0 Å². The van der Waals surface area contributed by atoms with Crippen LogP contribution < -0.4 is 0 Å². The second-order valence-electron chi connectivity index (χ2n) is 2.58. The lowest BCUT2D eigenvalue weighted by Gasteiger charge is -1.94. The Morgan fingerprint density at radius 1 is 1.42 bits per heavy atom. The second-order valence-corrected chi connectivity index (χ2v) is 2.58. The van der Waals surface area contributed by atoms with Crippen LogP contribution in [0.1, 0.15) is 20.3 Å². The molecule has 0 atom stereocenters. The average Bonchev–Trinajstić information content (AvgIpc) is 2.05. The molecule has 0 saturated heterocycles. The number of rotatable bonds is 6. The maximum absolute atomic E-state index is 5.15. The summed E-state index contributed by atoms with van der Waals surface area (Å²) < 4.78 is 5.15. The summed E-state index contributed by atoms with van der Waals surface area (Å²) in [5.41, 5.74) is 1.32. The zero-order chi connectivity index (χ0) is 9.23. The molecule has 0 spiro atoms. The van der Waals surface area contributed by atoms with E-state index >= 15 is 0 Å². The van der Waals surface area contributed by atoms with Gasteiger partial charge < -0.3 is 4.74 Å². The van der Waals surface area contributed by atoms with Gasteiger partial charge in [-0.15, -0.1) is 0 Å². The Kier molecular flexibility index (Phi) is 7.71. The molecule has 0 aromatic rings. The fourth-order valence-corrected chi connectivity index (χ4v) is 0.792. The highest BCUT2D eigenvalue weighted by atomic mass is 16.5. The lowest BCUT2D eigenvalue weighted by molar-refractivity contribution is 0.177. The van der Waals surface area contributed by atoms with Crippen molar-refractivity contribution in [3.05, 3.63) is 36.5 Å². The Labute approximate surface area is 75.4 Å². The highest BCUT2D eigenvalue weighted by Gasteiger charge is 1.81. The van der Waals surface area contributed by atoms with Gasteiger partial charge in [-0.05, 0) is 20.3 Å². The molecule has 0 saturated carbocycles. The van der Waals surface area contributed by atoms with Crippen molar-refractivity contribution in [1.29, 1.82) is 0 Å². The first-order chi connectivity index (χ1) is 5.81. The third-order valence-electron chi connectivity index (χ3n) is 1.43. The molecule has 68 valence electrons. The van der Waals surface area contributed by atoms with Crippen molar-refractivity contribution < 1.29 is 4.74 Å². The van der Waals surface area contributed by atoms with E-state index in [1.54, 1.807) is 0 Å². The first kappa shape index (κ1) is 11.2. The standard InChI is InChI=1S/C11H18O/c1-4-8-11(3)9-6-7-10-12-5-2/h4,6-8H,1,5,9-10H2,2-3H3/b7-6-,11-8-. The monoisotopic (exact) mass is 166 g/mol. The molecule has 0 aliphatic heterocycles. The van der Waals surface area contributed by atoms with Gasteiger partial charge in [0.15, 0.2) is 0 Å². The van der Waals surface area contributed by atoms with Gasteiger partial charge in [0.05, 0.1) is 6.61 Å². The zero-order valence-electron chi connectivity index (χ0n) is 8.05. The molecule has 0 aromatic carbocycles. The molecule has 1 nitrogen and oxygen atoms in total. The van der Waals surface area contributed by atoms with E-state index in [9.17, 15) is 0 Å². The van der Waals surface area contributed by atoms with Gasteiger partial charge >= 0.3 is 0 Å². The molecule has 0 aromatic heterocycles. The minimum Gasteiger partial charge on any atom is -0.378 e. The van der Waals surface area contributed by atoms with E-state index in [-0.39, 0.29) is 0 Å². The third-order valence-corrected chi connectivity index (χ3v) is 1.43. The molecule has 0 unspecified atom stereocenters. The Morgan fingerprint density at radius 2 is 2.17 bits per heavy atom. The molecule has 0 amide bonds. The Bertz CT molecular complexity index is 166. The topological polar surface area (TPSA) is 9.23 Å². The van der Waals surface area contributed by atoms with Gasteiger partial charge in [-0.1, -0.05) is 36.5 Å². The number of allylic oxidation sites excluding steroid dienone is 4. The second kappa shape index (κ2) is 8.28. The molecule has 0 rings (SSSR count). The maximum atomic E-state index is 5.15. The normalized spacial score (nSPS) is 12.3. The van der Waals surface area contributed by atoms with Gasteiger partial charge in [-0.25, -0.2) is 0 Å². The highest BCUT2D eigenvalue weighted by molar-refractivity contribution is 5.11. The summed E-state index contributed by atoms with van der Waals surface area (Å²) in [4.78, 5) is 0. The third kappa shape index (κ3) is 7.29. The molecular formula is C11H18O. The van der Waals surface area contributed by atoms with E-state index in [0.717, 1.165) is 19.6 Å². The van der Waals surface area contributed by atoms with Crippen molar-refractivity contribution >= 4 is 0 Å². The first-order valence-electron chi connectivity index (χ1n) is 4.32. The highest BCUT2D eigenvalue weighted by Crippen LogP contribution is 2.00. The van der Waals surface area contributed by atoms with Crippen LogP contribution in [0.15, 0.2) is 36.5 Å². The van der Waals surface area contributed by atoms with Crippen LogP contribution >= 0.6 is 0 Å². The van der Waals surface area contributed by atoms with Crippen LogP contribution in [0.2, 0.25) is 0 Å². The SMILES string of the molecule is C=C/C=C(/C)C/C=C\COCC. The Morgan fingerprint density at radius 3 is 2.75 bits per heavy atom. The van der Waals surface area contributed by atoms with E-state index < -0.39 is 0 Å². The van der Waals surface area contributed by atoms with Gasteiger partial charge in [0, 0.05) is 6.61 Å². The van der Waals surface area contributed by atoms with Crippen LogP contribution in [-0.4, -0.2) is 13.2 Å². The minimum atomic E-state index is 0.720. The molecule has 0 aliphatic carbocycles. The van der Waals surface area contributed by atoms with E-state index in [4.69, 9.17) is 4.74 Å². The van der Waals surface area contributed by atoms with Crippen LogP contribution in [0.4, 0.5) is 0 Å². The quantitative estimate of drug-likeness (QED) is 0.335. The lowest BCUT2D eigenvalue weighted by atomic mass is 10.2. The molecule has 0 N–H and O–H groups in total. The van der Waals surface area contributed by atoms with Gasteiger partial charge in [0.1, 0.15) is 0 Å². The van der Waals surface area contributed by atoms with Crippen LogP contribution in [0, 0.1) is 0 Å². The van der Waals surface area contributed by atoms with Crippen LogP contribution in [0.5, 0.6) is 0 Å². The smallest absolute Gasteiger partial charge is 0.0647 e. The van der Waals surface area contributed by atoms with Crippen molar-refractivity contribution in [3.8, 4) is 0 Å². The zero-order valence-corrected chi connectivity index (χ0v) is 8.05. The Hall–Kier alpha value is -0.820. The summed E-state index contributed by atoms with van der Waals surface area (Å²) in [6.45, 7) is 9.22. The molecular weight excluding hydrogens is 148 g/mol. The first-order valence-corrected chi connectivity index (χ1v) is 4.32. The van der Waals surface area contributed by atoms with Gasteiger partial charge in [0.2, 0.25) is 0 Å². The summed E-state index contributed by atoms with van der Waals surface area (Å²) >= 11 is 0. The maximum Gasteiger partial charge on any atom is 0.0647 e. The van der Waals surface area contributed by atoms with Crippen molar-refractivity contribution in [2.24, 2.45) is 0 Å².